The van der Waals surface area contributed by atoms with Crippen LogP contribution in [0.5, 0.6) is 0 Å². The Morgan fingerprint density at radius 1 is 1.17 bits per heavy atom. The molecule has 0 aromatic heterocycles. The number of benzene rings is 1. The second-order valence-corrected chi connectivity index (χ2v) is 6.91. The van der Waals surface area contributed by atoms with Crippen molar-refractivity contribution in [1.82, 2.24) is 10.6 Å². The minimum atomic E-state index is -0.0357. The molecule has 1 rings (SSSR count). The van der Waals surface area contributed by atoms with E-state index in [0.29, 0.717) is 6.54 Å². The summed E-state index contributed by atoms with van der Waals surface area (Å²) >= 11 is 0. The maximum Gasteiger partial charge on any atom is 0.226 e. The molecule has 0 saturated carbocycles. The second kappa shape index (κ2) is 8.56. The normalized spacial score (nSPS) is 12.2. The third kappa shape index (κ3) is 7.68. The van der Waals surface area contributed by atoms with Gasteiger partial charge in [0.25, 0.3) is 0 Å². The van der Waals surface area contributed by atoms with E-state index >= 15 is 0 Å². The lowest BCUT2D eigenvalue weighted by atomic mass is 10.1. The Balaban J connectivity index is 2.69. The predicted molar refractivity (Wildman–Crippen MR) is 97.6 cm³/mol. The van der Waals surface area contributed by atoms with Gasteiger partial charge in [0.05, 0.1) is 6.54 Å². The summed E-state index contributed by atoms with van der Waals surface area (Å²) in [6, 6.07) is 7.80. The van der Waals surface area contributed by atoms with Gasteiger partial charge in [0.15, 0.2) is 5.96 Å². The van der Waals surface area contributed by atoms with E-state index in [-0.39, 0.29) is 17.4 Å². The first-order valence-corrected chi connectivity index (χ1v) is 8.17. The third-order valence-electron chi connectivity index (χ3n) is 3.00. The minimum absolute atomic E-state index is 0.0228. The molecule has 0 aliphatic rings. The van der Waals surface area contributed by atoms with Gasteiger partial charge in [-0.1, -0.05) is 26.0 Å². The first-order valence-electron chi connectivity index (χ1n) is 8.17. The van der Waals surface area contributed by atoms with Crippen molar-refractivity contribution in [2.24, 2.45) is 10.9 Å². The number of carbonyl (C=O) groups is 1. The molecule has 0 bridgehead atoms. The SMILES string of the molecule is CCNC(=NCc1ccc(NC(=O)C(C)C)cc1)NC(C)(C)C. The molecule has 5 nitrogen and oxygen atoms in total. The second-order valence-electron chi connectivity index (χ2n) is 6.91. The third-order valence-corrected chi connectivity index (χ3v) is 3.00. The van der Waals surface area contributed by atoms with Gasteiger partial charge in [-0.3, -0.25) is 4.79 Å². The van der Waals surface area contributed by atoms with Gasteiger partial charge < -0.3 is 16.0 Å². The van der Waals surface area contributed by atoms with Gasteiger partial charge in [0, 0.05) is 23.7 Å². The molecular weight excluding hydrogens is 288 g/mol. The number of hydrogen-bond donors (Lipinski definition) is 3. The minimum Gasteiger partial charge on any atom is -0.357 e. The summed E-state index contributed by atoms with van der Waals surface area (Å²) in [6.45, 7) is 13.5. The van der Waals surface area contributed by atoms with Crippen LogP contribution in [0.4, 0.5) is 5.69 Å². The summed E-state index contributed by atoms with van der Waals surface area (Å²) in [5, 5.41) is 9.49. The fourth-order valence-electron chi connectivity index (χ4n) is 1.81. The standard InChI is InChI=1S/C18H30N4O/c1-7-19-17(22-18(4,5)6)20-12-14-8-10-15(11-9-14)21-16(23)13(2)3/h8-11,13H,7,12H2,1-6H3,(H,21,23)(H2,19,20,22). The summed E-state index contributed by atoms with van der Waals surface area (Å²) in [7, 11) is 0. The van der Waals surface area contributed by atoms with E-state index < -0.39 is 0 Å². The van der Waals surface area contributed by atoms with E-state index in [0.717, 1.165) is 23.8 Å². The van der Waals surface area contributed by atoms with Crippen molar-refractivity contribution < 1.29 is 4.79 Å². The average molecular weight is 318 g/mol. The zero-order valence-electron chi connectivity index (χ0n) is 15.2. The van der Waals surface area contributed by atoms with Crippen LogP contribution < -0.4 is 16.0 Å². The lowest BCUT2D eigenvalue weighted by Gasteiger charge is -2.23. The van der Waals surface area contributed by atoms with Crippen LogP contribution in [0.3, 0.4) is 0 Å². The smallest absolute Gasteiger partial charge is 0.226 e. The van der Waals surface area contributed by atoms with Crippen LogP contribution >= 0.6 is 0 Å². The Kier molecular flexibility index (Phi) is 7.07. The van der Waals surface area contributed by atoms with Crippen molar-refractivity contribution >= 4 is 17.6 Å². The molecule has 0 aliphatic carbocycles. The van der Waals surface area contributed by atoms with Crippen LogP contribution in [-0.4, -0.2) is 24.0 Å². The van der Waals surface area contributed by atoms with Gasteiger partial charge in [-0.25, -0.2) is 4.99 Å². The number of nitrogens with zero attached hydrogens (tertiary/aromatic N) is 1. The van der Waals surface area contributed by atoms with Gasteiger partial charge in [-0.15, -0.1) is 0 Å². The monoisotopic (exact) mass is 318 g/mol. The zero-order chi connectivity index (χ0) is 17.5. The van der Waals surface area contributed by atoms with Crippen LogP contribution in [-0.2, 0) is 11.3 Å². The summed E-state index contributed by atoms with van der Waals surface area (Å²) < 4.78 is 0. The zero-order valence-corrected chi connectivity index (χ0v) is 15.2. The largest absolute Gasteiger partial charge is 0.357 e. The van der Waals surface area contributed by atoms with Crippen molar-refractivity contribution in [3.8, 4) is 0 Å². The van der Waals surface area contributed by atoms with Crippen LogP contribution in [0.25, 0.3) is 0 Å². The number of aliphatic imine (C=N–C) groups is 1. The average Bonchev–Trinajstić information content (AvgIpc) is 2.45. The highest BCUT2D eigenvalue weighted by Gasteiger charge is 2.11. The molecular formula is C18H30N4O. The fraction of sp³-hybridized carbons (Fsp3) is 0.556. The summed E-state index contributed by atoms with van der Waals surface area (Å²) in [5.41, 5.74) is 1.88. The Morgan fingerprint density at radius 3 is 2.26 bits per heavy atom. The Hall–Kier alpha value is -2.04. The molecule has 5 heteroatoms. The van der Waals surface area contributed by atoms with Gasteiger partial charge in [0.1, 0.15) is 0 Å². The maximum atomic E-state index is 11.7. The van der Waals surface area contributed by atoms with Gasteiger partial charge in [-0.2, -0.15) is 0 Å². The van der Waals surface area contributed by atoms with Crippen LogP contribution in [0.15, 0.2) is 29.3 Å². The molecule has 1 aromatic carbocycles. The summed E-state index contributed by atoms with van der Waals surface area (Å²) in [6.07, 6.45) is 0. The molecule has 128 valence electrons. The van der Waals surface area contributed by atoms with E-state index in [4.69, 9.17) is 0 Å². The van der Waals surface area contributed by atoms with Crippen molar-refractivity contribution in [1.29, 1.82) is 0 Å². The highest BCUT2D eigenvalue weighted by Crippen LogP contribution is 2.12. The molecule has 1 aromatic rings. The van der Waals surface area contributed by atoms with E-state index in [2.05, 4.69) is 41.7 Å². The number of nitrogens with one attached hydrogen (secondary N) is 3. The highest BCUT2D eigenvalue weighted by atomic mass is 16.1. The number of carbonyl (C=O) groups excluding carboxylic acids is 1. The Labute approximate surface area is 140 Å². The molecule has 0 spiro atoms. The highest BCUT2D eigenvalue weighted by molar-refractivity contribution is 5.92. The number of amides is 1. The molecule has 0 aliphatic heterocycles. The lowest BCUT2D eigenvalue weighted by molar-refractivity contribution is -0.118. The van der Waals surface area contributed by atoms with Crippen molar-refractivity contribution in [2.75, 3.05) is 11.9 Å². The van der Waals surface area contributed by atoms with Gasteiger partial charge in [0.2, 0.25) is 5.91 Å². The maximum absolute atomic E-state index is 11.7. The Morgan fingerprint density at radius 2 is 1.78 bits per heavy atom. The lowest BCUT2D eigenvalue weighted by Crippen LogP contribution is -2.47. The number of hydrogen-bond acceptors (Lipinski definition) is 2. The number of guanidine groups is 1. The van der Waals surface area contributed by atoms with Crippen molar-refractivity contribution in [3.05, 3.63) is 29.8 Å². The molecule has 0 fully saturated rings. The first-order chi connectivity index (χ1) is 10.7. The van der Waals surface area contributed by atoms with E-state index in [1.54, 1.807) is 0 Å². The summed E-state index contributed by atoms with van der Waals surface area (Å²) in [4.78, 5) is 16.3. The predicted octanol–water partition coefficient (Wildman–Crippen LogP) is 3.13. The topological polar surface area (TPSA) is 65.5 Å². The Bertz CT molecular complexity index is 527. The molecule has 0 atom stereocenters. The van der Waals surface area contributed by atoms with Gasteiger partial charge in [-0.05, 0) is 45.4 Å². The van der Waals surface area contributed by atoms with E-state index in [1.807, 2.05) is 45.0 Å². The van der Waals surface area contributed by atoms with Crippen molar-refractivity contribution in [2.45, 2.75) is 53.6 Å². The molecule has 3 N–H and O–H groups in total. The van der Waals surface area contributed by atoms with Gasteiger partial charge >= 0.3 is 0 Å². The van der Waals surface area contributed by atoms with Crippen LogP contribution in [0.2, 0.25) is 0 Å². The van der Waals surface area contributed by atoms with Crippen LogP contribution in [0, 0.1) is 5.92 Å². The molecule has 0 saturated heterocycles. The summed E-state index contributed by atoms with van der Waals surface area (Å²) in [5.74, 6) is 0.808. The molecule has 1 amide bonds. The van der Waals surface area contributed by atoms with Crippen LogP contribution in [0.1, 0.15) is 47.1 Å². The van der Waals surface area contributed by atoms with E-state index in [1.165, 1.54) is 0 Å². The quantitative estimate of drug-likeness (QED) is 0.577. The molecule has 0 heterocycles. The molecule has 23 heavy (non-hydrogen) atoms. The first kappa shape index (κ1) is 19.0. The molecule has 0 unspecified atom stereocenters. The number of anilines is 1. The number of rotatable bonds is 5. The van der Waals surface area contributed by atoms with E-state index in [9.17, 15) is 4.79 Å². The van der Waals surface area contributed by atoms with Crippen molar-refractivity contribution in [3.63, 3.8) is 0 Å². The fourth-order valence-corrected chi connectivity index (χ4v) is 1.81. The molecule has 0 radical (unpaired) electrons.